The number of carboxylic acids is 1. The summed E-state index contributed by atoms with van der Waals surface area (Å²) in [5.74, 6) is -0.469. The molecule has 4 aromatic rings. The third-order valence-corrected chi connectivity index (χ3v) is 7.12. The van der Waals surface area contributed by atoms with Crippen LogP contribution in [0.3, 0.4) is 0 Å². The van der Waals surface area contributed by atoms with Gasteiger partial charge in [0.05, 0.1) is 22.7 Å². The number of allylic oxidation sites excluding steroid dienone is 4. The fraction of sp³-hybridized carbons (Fsp3) is 0.0690. The van der Waals surface area contributed by atoms with Gasteiger partial charge in [-0.25, -0.2) is 14.0 Å². The van der Waals surface area contributed by atoms with Crippen molar-refractivity contribution in [3.05, 3.63) is 127 Å². The molecule has 1 N–H and O–H groups in total. The Morgan fingerprint density at radius 3 is 2.36 bits per heavy atom. The van der Waals surface area contributed by atoms with Gasteiger partial charge in [0.2, 0.25) is 0 Å². The molecule has 0 aliphatic rings. The monoisotopic (exact) mass is 495 g/mol. The Bertz CT molecular complexity index is 1490. The van der Waals surface area contributed by atoms with Crippen LogP contribution in [-0.2, 0) is 17.5 Å². The molecule has 1 unspecified atom stereocenters. The maximum absolute atomic E-state index is 13.8. The van der Waals surface area contributed by atoms with Gasteiger partial charge >= 0.3 is 5.97 Å². The number of pyridine rings is 2. The maximum Gasteiger partial charge on any atom is 0.335 e. The molecule has 2 heterocycles. The van der Waals surface area contributed by atoms with Crippen molar-refractivity contribution in [2.24, 2.45) is 0 Å². The van der Waals surface area contributed by atoms with Gasteiger partial charge in [-0.05, 0) is 53.8 Å². The van der Waals surface area contributed by atoms with Gasteiger partial charge in [-0.2, -0.15) is 0 Å². The fourth-order valence-electron chi connectivity index (χ4n) is 3.85. The van der Waals surface area contributed by atoms with Gasteiger partial charge in [-0.15, -0.1) is 0 Å². The molecular formula is C29H25N3O3S. The molecule has 0 fully saturated rings. The molecular weight excluding hydrogens is 470 g/mol. The van der Waals surface area contributed by atoms with Gasteiger partial charge in [0.1, 0.15) is 5.82 Å². The summed E-state index contributed by atoms with van der Waals surface area (Å²) < 4.78 is 15.5. The van der Waals surface area contributed by atoms with Crippen LogP contribution in [-0.4, -0.2) is 25.3 Å². The summed E-state index contributed by atoms with van der Waals surface area (Å²) in [6, 6.07) is 17.7. The lowest BCUT2D eigenvalue weighted by atomic mass is 10.1. The topological polar surface area (TPSA) is 83.4 Å². The molecule has 0 bridgehead atoms. The molecule has 36 heavy (non-hydrogen) atoms. The van der Waals surface area contributed by atoms with Crippen molar-refractivity contribution in [3.8, 4) is 0 Å². The summed E-state index contributed by atoms with van der Waals surface area (Å²) in [6.45, 7) is 9.75. The molecule has 7 heteroatoms. The average molecular weight is 496 g/mol. The fourth-order valence-corrected chi connectivity index (χ4v) is 5.06. The van der Waals surface area contributed by atoms with Crippen molar-refractivity contribution in [2.45, 2.75) is 18.4 Å². The lowest BCUT2D eigenvalue weighted by molar-refractivity contribution is 0.0697. The van der Waals surface area contributed by atoms with Crippen LogP contribution in [0.15, 0.2) is 109 Å². The van der Waals surface area contributed by atoms with Crippen LogP contribution in [0.25, 0.3) is 16.3 Å². The molecule has 1 atom stereocenters. The van der Waals surface area contributed by atoms with Gasteiger partial charge in [0, 0.05) is 23.3 Å². The normalized spacial score (nSPS) is 12.2. The summed E-state index contributed by atoms with van der Waals surface area (Å²) in [6.07, 6.45) is 8.80. The van der Waals surface area contributed by atoms with Gasteiger partial charge in [0.25, 0.3) is 0 Å². The van der Waals surface area contributed by atoms with E-state index >= 15 is 0 Å². The highest BCUT2D eigenvalue weighted by atomic mass is 32.2. The number of nitrogens with zero attached hydrogens (tertiary/aromatic N) is 3. The second kappa shape index (κ2) is 10.9. The van der Waals surface area contributed by atoms with E-state index in [0.29, 0.717) is 16.4 Å². The van der Waals surface area contributed by atoms with E-state index in [1.165, 1.54) is 12.1 Å². The van der Waals surface area contributed by atoms with Gasteiger partial charge in [-0.1, -0.05) is 61.7 Å². The number of hydrogen-bond donors (Lipinski definition) is 1. The minimum absolute atomic E-state index is 0.130. The van der Waals surface area contributed by atoms with Crippen LogP contribution >= 0.6 is 0 Å². The quantitative estimate of drug-likeness (QED) is 0.283. The second-order valence-corrected chi connectivity index (χ2v) is 9.42. The highest BCUT2D eigenvalue weighted by Crippen LogP contribution is 2.29. The van der Waals surface area contributed by atoms with E-state index in [-0.39, 0.29) is 12.1 Å². The molecule has 0 aliphatic heterocycles. The van der Waals surface area contributed by atoms with Crippen molar-refractivity contribution < 1.29 is 14.1 Å². The van der Waals surface area contributed by atoms with E-state index < -0.39 is 17.0 Å². The van der Waals surface area contributed by atoms with Crippen LogP contribution in [0.1, 0.15) is 27.2 Å². The SMILES string of the molecule is C=C/C=C(\C=C)c1ccc(CN(c2ncc3ccccc3c2C)S(=O)c2ccc(C(=O)O)cc2)nc1. The molecule has 4 rings (SSSR count). The highest BCUT2D eigenvalue weighted by Gasteiger charge is 2.22. The van der Waals surface area contributed by atoms with Crippen molar-refractivity contribution in [2.75, 3.05) is 4.31 Å². The first-order valence-corrected chi connectivity index (χ1v) is 12.3. The largest absolute Gasteiger partial charge is 0.478 e. The van der Waals surface area contributed by atoms with E-state index in [1.54, 1.807) is 41.0 Å². The van der Waals surface area contributed by atoms with Crippen molar-refractivity contribution >= 4 is 39.1 Å². The Kier molecular flexibility index (Phi) is 7.51. The molecule has 0 spiro atoms. The predicted molar refractivity (Wildman–Crippen MR) is 145 cm³/mol. The zero-order valence-corrected chi connectivity index (χ0v) is 20.6. The van der Waals surface area contributed by atoms with Crippen LogP contribution in [0, 0.1) is 6.92 Å². The molecule has 180 valence electrons. The number of hydrogen-bond acceptors (Lipinski definition) is 4. The zero-order valence-electron chi connectivity index (χ0n) is 19.8. The van der Waals surface area contributed by atoms with Crippen LogP contribution < -0.4 is 4.31 Å². The number of aromatic carboxylic acids is 1. The molecule has 0 saturated carbocycles. The molecule has 2 aromatic carbocycles. The Morgan fingerprint density at radius 2 is 1.72 bits per heavy atom. The number of aryl methyl sites for hydroxylation is 1. The zero-order chi connectivity index (χ0) is 25.7. The molecule has 2 aromatic heterocycles. The number of carboxylic acid groups (broad SMARTS) is 1. The van der Waals surface area contributed by atoms with Crippen molar-refractivity contribution in [1.82, 2.24) is 9.97 Å². The minimum Gasteiger partial charge on any atom is -0.478 e. The van der Waals surface area contributed by atoms with E-state index in [9.17, 15) is 14.1 Å². The summed E-state index contributed by atoms with van der Waals surface area (Å²) in [5, 5.41) is 11.2. The van der Waals surface area contributed by atoms with Crippen LogP contribution in [0.4, 0.5) is 5.82 Å². The first-order chi connectivity index (χ1) is 17.4. The molecule has 0 radical (unpaired) electrons. The average Bonchev–Trinajstić information content (AvgIpc) is 2.91. The number of anilines is 1. The van der Waals surface area contributed by atoms with Gasteiger partial charge in [0.15, 0.2) is 11.0 Å². The summed E-state index contributed by atoms with van der Waals surface area (Å²) in [7, 11) is -1.67. The highest BCUT2D eigenvalue weighted by molar-refractivity contribution is 7.86. The van der Waals surface area contributed by atoms with Crippen molar-refractivity contribution in [1.29, 1.82) is 0 Å². The summed E-state index contributed by atoms with van der Waals surface area (Å²) >= 11 is 0. The van der Waals surface area contributed by atoms with Crippen LogP contribution in [0.2, 0.25) is 0 Å². The Labute approximate surface area is 212 Å². The second-order valence-electron chi connectivity index (χ2n) is 8.01. The smallest absolute Gasteiger partial charge is 0.335 e. The van der Waals surface area contributed by atoms with Gasteiger partial charge in [-0.3, -0.25) is 9.29 Å². The number of carbonyl (C=O) groups is 1. The molecule has 0 aliphatic carbocycles. The predicted octanol–water partition coefficient (Wildman–Crippen LogP) is 6.12. The number of rotatable bonds is 9. The number of fused-ring (bicyclic) bond motifs is 1. The lowest BCUT2D eigenvalue weighted by Crippen LogP contribution is -2.27. The third kappa shape index (κ3) is 5.16. The van der Waals surface area contributed by atoms with Gasteiger partial charge < -0.3 is 5.11 Å². The first-order valence-electron chi connectivity index (χ1n) is 11.2. The number of benzene rings is 2. The van der Waals surface area contributed by atoms with Crippen LogP contribution in [0.5, 0.6) is 0 Å². The van der Waals surface area contributed by atoms with E-state index in [4.69, 9.17) is 0 Å². The Hall–Kier alpha value is -4.36. The molecule has 0 saturated heterocycles. The summed E-state index contributed by atoms with van der Waals surface area (Å²) in [5.41, 5.74) is 3.51. The lowest BCUT2D eigenvalue weighted by Gasteiger charge is -2.24. The summed E-state index contributed by atoms with van der Waals surface area (Å²) in [4.78, 5) is 21.0. The first kappa shape index (κ1) is 24.8. The van der Waals surface area contributed by atoms with E-state index in [2.05, 4.69) is 23.1 Å². The maximum atomic E-state index is 13.8. The number of aromatic nitrogens is 2. The Morgan fingerprint density at radius 1 is 1.00 bits per heavy atom. The van der Waals surface area contributed by atoms with E-state index in [1.807, 2.05) is 49.4 Å². The Balaban J connectivity index is 1.76. The standard InChI is InChI=1S/C29H25N3O3S/c1-4-8-21(5-2)23-11-14-25(30-17-23)19-32(36(35)26-15-12-22(13-16-26)29(33)34)28-20(3)27-10-7-6-9-24(27)18-31-28/h4-18H,1-2,19H2,3H3,(H,33,34)/b21-8+. The van der Waals surface area contributed by atoms with E-state index in [0.717, 1.165) is 27.5 Å². The third-order valence-electron chi connectivity index (χ3n) is 5.75. The minimum atomic E-state index is -1.67. The molecule has 0 amide bonds. The van der Waals surface area contributed by atoms with Crippen molar-refractivity contribution in [3.63, 3.8) is 0 Å². The molecule has 6 nitrogen and oxygen atoms in total.